The molecule has 0 aliphatic carbocycles. The summed E-state index contributed by atoms with van der Waals surface area (Å²) in [6.45, 7) is 5.31. The molecule has 1 saturated heterocycles. The fourth-order valence-electron chi connectivity index (χ4n) is 2.22. The van der Waals surface area contributed by atoms with Crippen molar-refractivity contribution in [3.05, 3.63) is 29.3 Å². The second kappa shape index (κ2) is 9.35. The SMILES string of the molecule is CC1CCN(C(N)=NCCOc2ccccc2Cl)CC1.I. The van der Waals surface area contributed by atoms with Gasteiger partial charge < -0.3 is 15.4 Å². The topological polar surface area (TPSA) is 50.8 Å². The van der Waals surface area contributed by atoms with E-state index in [1.807, 2.05) is 24.3 Å². The van der Waals surface area contributed by atoms with Crippen molar-refractivity contribution in [1.29, 1.82) is 0 Å². The molecule has 1 aliphatic heterocycles. The van der Waals surface area contributed by atoms with Crippen LogP contribution in [-0.2, 0) is 0 Å². The number of para-hydroxylation sites is 1. The second-order valence-corrected chi connectivity index (χ2v) is 5.60. The molecule has 0 bridgehead atoms. The first-order valence-corrected chi connectivity index (χ1v) is 7.47. The molecule has 0 spiro atoms. The third-order valence-corrected chi connectivity index (χ3v) is 3.88. The molecule has 2 rings (SSSR count). The van der Waals surface area contributed by atoms with Crippen molar-refractivity contribution in [2.75, 3.05) is 26.2 Å². The van der Waals surface area contributed by atoms with E-state index in [2.05, 4.69) is 16.8 Å². The molecule has 4 nitrogen and oxygen atoms in total. The monoisotopic (exact) mass is 423 g/mol. The molecule has 1 aromatic rings. The summed E-state index contributed by atoms with van der Waals surface area (Å²) in [7, 11) is 0. The summed E-state index contributed by atoms with van der Waals surface area (Å²) >= 11 is 6.01. The van der Waals surface area contributed by atoms with Gasteiger partial charge in [0, 0.05) is 13.1 Å². The third-order valence-electron chi connectivity index (χ3n) is 3.57. The molecule has 1 aromatic carbocycles. The molecule has 0 unspecified atom stereocenters. The predicted octanol–water partition coefficient (Wildman–Crippen LogP) is 3.38. The Morgan fingerprint density at radius 3 is 2.71 bits per heavy atom. The van der Waals surface area contributed by atoms with Crippen LogP contribution in [0.5, 0.6) is 5.75 Å². The predicted molar refractivity (Wildman–Crippen MR) is 98.8 cm³/mol. The highest BCUT2D eigenvalue weighted by atomic mass is 127. The molecular weight excluding hydrogens is 401 g/mol. The average molecular weight is 424 g/mol. The van der Waals surface area contributed by atoms with Gasteiger partial charge in [0.2, 0.25) is 0 Å². The zero-order valence-electron chi connectivity index (χ0n) is 12.3. The van der Waals surface area contributed by atoms with Crippen LogP contribution in [0.2, 0.25) is 5.02 Å². The van der Waals surface area contributed by atoms with Crippen molar-refractivity contribution in [1.82, 2.24) is 4.90 Å². The maximum absolute atomic E-state index is 6.01. The highest BCUT2D eigenvalue weighted by molar-refractivity contribution is 14.0. The molecule has 2 N–H and O–H groups in total. The smallest absolute Gasteiger partial charge is 0.191 e. The van der Waals surface area contributed by atoms with Gasteiger partial charge in [-0.1, -0.05) is 30.7 Å². The van der Waals surface area contributed by atoms with Gasteiger partial charge in [0.25, 0.3) is 0 Å². The van der Waals surface area contributed by atoms with Crippen LogP contribution in [-0.4, -0.2) is 37.1 Å². The van der Waals surface area contributed by atoms with Gasteiger partial charge >= 0.3 is 0 Å². The number of ether oxygens (including phenoxy) is 1. The largest absolute Gasteiger partial charge is 0.490 e. The number of benzene rings is 1. The minimum Gasteiger partial charge on any atom is -0.490 e. The number of hydrogen-bond acceptors (Lipinski definition) is 2. The summed E-state index contributed by atoms with van der Waals surface area (Å²) in [5.41, 5.74) is 6.00. The molecule has 1 aliphatic rings. The lowest BCUT2D eigenvalue weighted by Crippen LogP contribution is -2.42. The first-order valence-electron chi connectivity index (χ1n) is 7.09. The Morgan fingerprint density at radius 2 is 2.05 bits per heavy atom. The number of halogens is 2. The van der Waals surface area contributed by atoms with Crippen molar-refractivity contribution in [2.45, 2.75) is 19.8 Å². The number of likely N-dealkylation sites (tertiary alicyclic amines) is 1. The molecule has 0 atom stereocenters. The Kier molecular flexibility index (Phi) is 8.18. The average Bonchev–Trinajstić information content (AvgIpc) is 2.46. The molecule has 0 radical (unpaired) electrons. The second-order valence-electron chi connectivity index (χ2n) is 5.19. The maximum Gasteiger partial charge on any atom is 0.191 e. The molecule has 0 saturated carbocycles. The zero-order chi connectivity index (χ0) is 14.4. The van der Waals surface area contributed by atoms with Gasteiger partial charge in [-0.3, -0.25) is 0 Å². The number of guanidine groups is 1. The number of nitrogens with zero attached hydrogens (tertiary/aromatic N) is 2. The maximum atomic E-state index is 6.01. The molecule has 21 heavy (non-hydrogen) atoms. The molecule has 6 heteroatoms. The molecular formula is C15H23ClIN3O. The summed E-state index contributed by atoms with van der Waals surface area (Å²) in [5.74, 6) is 2.11. The molecule has 0 amide bonds. The van der Waals surface area contributed by atoms with E-state index in [0.29, 0.717) is 29.9 Å². The summed E-state index contributed by atoms with van der Waals surface area (Å²) < 4.78 is 5.58. The van der Waals surface area contributed by atoms with E-state index >= 15 is 0 Å². The van der Waals surface area contributed by atoms with Crippen LogP contribution in [0.15, 0.2) is 29.3 Å². The van der Waals surface area contributed by atoms with E-state index in [1.165, 1.54) is 12.8 Å². The lowest BCUT2D eigenvalue weighted by atomic mass is 10.00. The summed E-state index contributed by atoms with van der Waals surface area (Å²) in [5, 5.41) is 0.620. The minimum atomic E-state index is 0. The first-order chi connectivity index (χ1) is 9.66. The number of rotatable bonds is 4. The van der Waals surface area contributed by atoms with Gasteiger partial charge in [0.15, 0.2) is 5.96 Å². The Balaban J connectivity index is 0.00000220. The highest BCUT2D eigenvalue weighted by Crippen LogP contribution is 2.22. The Morgan fingerprint density at radius 1 is 1.38 bits per heavy atom. The summed E-state index contributed by atoms with van der Waals surface area (Å²) in [6.07, 6.45) is 2.37. The number of hydrogen-bond donors (Lipinski definition) is 1. The van der Waals surface area contributed by atoms with Crippen LogP contribution < -0.4 is 10.5 Å². The normalized spacial score (nSPS) is 16.5. The van der Waals surface area contributed by atoms with Crippen molar-refractivity contribution in [3.8, 4) is 5.75 Å². The summed E-state index contributed by atoms with van der Waals surface area (Å²) in [6, 6.07) is 7.43. The van der Waals surface area contributed by atoms with Crippen LogP contribution in [0.4, 0.5) is 0 Å². The fourth-order valence-corrected chi connectivity index (χ4v) is 2.41. The van der Waals surface area contributed by atoms with Crippen molar-refractivity contribution < 1.29 is 4.74 Å². The highest BCUT2D eigenvalue weighted by Gasteiger charge is 2.16. The van der Waals surface area contributed by atoms with E-state index in [-0.39, 0.29) is 24.0 Å². The van der Waals surface area contributed by atoms with Crippen molar-refractivity contribution in [3.63, 3.8) is 0 Å². The van der Waals surface area contributed by atoms with Gasteiger partial charge in [0.05, 0.1) is 11.6 Å². The molecule has 1 fully saturated rings. The third kappa shape index (κ3) is 5.90. The Bertz CT molecular complexity index is 462. The fraction of sp³-hybridized carbons (Fsp3) is 0.533. The van der Waals surface area contributed by atoms with Crippen LogP contribution in [0.1, 0.15) is 19.8 Å². The summed E-state index contributed by atoms with van der Waals surface area (Å²) in [4.78, 5) is 6.52. The first kappa shape index (κ1) is 18.4. The van der Waals surface area contributed by atoms with Crippen molar-refractivity contribution >= 4 is 41.5 Å². The molecule has 0 aromatic heterocycles. The van der Waals surface area contributed by atoms with E-state index < -0.39 is 0 Å². The van der Waals surface area contributed by atoms with E-state index in [9.17, 15) is 0 Å². The van der Waals surface area contributed by atoms with Crippen LogP contribution in [0, 0.1) is 5.92 Å². The van der Waals surface area contributed by atoms with E-state index in [0.717, 1.165) is 19.0 Å². The Labute approximate surface area is 148 Å². The lowest BCUT2D eigenvalue weighted by Gasteiger charge is -2.31. The zero-order valence-corrected chi connectivity index (χ0v) is 15.4. The standard InChI is InChI=1S/C15H22ClN3O.HI/c1-12-6-9-19(10-7-12)15(17)18-8-11-20-14-5-3-2-4-13(14)16;/h2-5,12H,6-11H2,1H3,(H2,17,18);1H. The minimum absolute atomic E-state index is 0. The Hall–Kier alpha value is -0.690. The number of aliphatic imine (C=N–C) groups is 1. The number of piperidine rings is 1. The van der Waals surface area contributed by atoms with E-state index in [4.69, 9.17) is 22.1 Å². The molecule has 118 valence electrons. The quantitative estimate of drug-likeness (QED) is 0.350. The van der Waals surface area contributed by atoms with Gasteiger partial charge in [-0.25, -0.2) is 4.99 Å². The van der Waals surface area contributed by atoms with E-state index in [1.54, 1.807) is 0 Å². The van der Waals surface area contributed by atoms with Crippen LogP contribution >= 0.6 is 35.6 Å². The van der Waals surface area contributed by atoms with Gasteiger partial charge in [-0.05, 0) is 30.9 Å². The van der Waals surface area contributed by atoms with Gasteiger partial charge in [-0.15, -0.1) is 24.0 Å². The number of nitrogens with two attached hydrogens (primary N) is 1. The van der Waals surface area contributed by atoms with Gasteiger partial charge in [0.1, 0.15) is 12.4 Å². The molecule has 1 heterocycles. The van der Waals surface area contributed by atoms with Crippen LogP contribution in [0.25, 0.3) is 0 Å². The van der Waals surface area contributed by atoms with Crippen LogP contribution in [0.3, 0.4) is 0 Å². The lowest BCUT2D eigenvalue weighted by molar-refractivity contribution is 0.276. The van der Waals surface area contributed by atoms with Gasteiger partial charge in [-0.2, -0.15) is 0 Å². The van der Waals surface area contributed by atoms with Crippen molar-refractivity contribution in [2.24, 2.45) is 16.6 Å².